The molecule has 1 amide bonds. The summed E-state index contributed by atoms with van der Waals surface area (Å²) in [5.74, 6) is 0.861. The smallest absolute Gasteiger partial charge is 0.410 e. The molecule has 0 radical (unpaired) electrons. The largest absolute Gasteiger partial charge is 0.486 e. The van der Waals surface area contributed by atoms with E-state index < -0.39 is 5.54 Å². The van der Waals surface area contributed by atoms with Gasteiger partial charge in [0.15, 0.2) is 11.5 Å². The molecular weight excluding hydrogens is 503 g/mol. The van der Waals surface area contributed by atoms with Crippen molar-refractivity contribution >= 4 is 17.0 Å². The fraction of sp³-hybridized carbons (Fsp3) is 0.483. The van der Waals surface area contributed by atoms with E-state index in [9.17, 15) is 14.0 Å². The Morgan fingerprint density at radius 3 is 2.67 bits per heavy atom. The lowest BCUT2D eigenvalue weighted by Gasteiger charge is -2.44. The summed E-state index contributed by atoms with van der Waals surface area (Å²) in [6, 6.07) is 8.12. The molecule has 0 unspecified atom stereocenters. The Kier molecular flexibility index (Phi) is 7.74. The third-order valence-electron chi connectivity index (χ3n) is 7.28. The molecule has 2 aliphatic heterocycles. The van der Waals surface area contributed by atoms with Gasteiger partial charge in [-0.05, 0) is 58.2 Å². The van der Waals surface area contributed by atoms with Crippen LogP contribution in [-0.2, 0) is 17.8 Å². The number of nitrogens with zero attached hydrogens (tertiary/aromatic N) is 3. The monoisotopic (exact) mass is 538 g/mol. The second-order valence-electron chi connectivity index (χ2n) is 11.1. The number of amides is 1. The molecule has 5 rings (SSSR count). The Labute approximate surface area is 226 Å². The van der Waals surface area contributed by atoms with Crippen molar-refractivity contribution in [2.75, 3.05) is 32.8 Å². The van der Waals surface area contributed by atoms with E-state index in [1.165, 1.54) is 6.07 Å². The summed E-state index contributed by atoms with van der Waals surface area (Å²) in [7, 11) is 0. The third-order valence-corrected chi connectivity index (χ3v) is 7.28. The molecule has 1 saturated heterocycles. The highest BCUT2D eigenvalue weighted by atomic mass is 19.1. The number of hydrogen-bond acceptors (Lipinski definition) is 7. The first kappa shape index (κ1) is 26.9. The first-order valence-corrected chi connectivity index (χ1v) is 13.4. The zero-order chi connectivity index (χ0) is 27.6. The highest BCUT2D eigenvalue weighted by Gasteiger charge is 2.36. The SMILES string of the molecule is CC(C)(C)N(C(=O)OCc1cc2c(cn1)OCCO2)C1CCN(CCc2cc3c(F)cccc3[nH]c2=O)CC1. The molecule has 2 aliphatic rings. The van der Waals surface area contributed by atoms with Crippen LogP contribution in [0.25, 0.3) is 10.9 Å². The number of H-pyrrole nitrogens is 1. The van der Waals surface area contributed by atoms with Gasteiger partial charge in [0.05, 0.1) is 17.4 Å². The Hall–Kier alpha value is -3.66. The lowest BCUT2D eigenvalue weighted by atomic mass is 9.96. The first-order chi connectivity index (χ1) is 18.7. The molecule has 3 aromatic rings. The van der Waals surface area contributed by atoms with Crippen molar-refractivity contribution < 1.29 is 23.4 Å². The maximum Gasteiger partial charge on any atom is 0.410 e. The molecule has 9 nitrogen and oxygen atoms in total. The molecule has 2 aromatic heterocycles. The van der Waals surface area contributed by atoms with E-state index in [4.69, 9.17) is 14.2 Å². The number of pyridine rings is 2. The number of aromatic nitrogens is 2. The fourth-order valence-electron chi connectivity index (χ4n) is 5.34. The average molecular weight is 539 g/mol. The molecule has 0 saturated carbocycles. The van der Waals surface area contributed by atoms with Crippen LogP contribution in [0.2, 0.25) is 0 Å². The number of likely N-dealkylation sites (tertiary alicyclic amines) is 1. The number of nitrogens with one attached hydrogen (secondary N) is 1. The molecule has 39 heavy (non-hydrogen) atoms. The molecule has 10 heteroatoms. The number of carbonyl (C=O) groups is 1. The summed E-state index contributed by atoms with van der Waals surface area (Å²) in [5, 5.41) is 0.427. The van der Waals surface area contributed by atoms with Crippen LogP contribution in [0.1, 0.15) is 44.9 Å². The van der Waals surface area contributed by atoms with Crippen molar-refractivity contribution in [2.45, 2.75) is 58.2 Å². The summed E-state index contributed by atoms with van der Waals surface area (Å²) in [6.07, 6.45) is 3.33. The first-order valence-electron chi connectivity index (χ1n) is 13.4. The van der Waals surface area contributed by atoms with Gasteiger partial charge in [-0.2, -0.15) is 0 Å². The van der Waals surface area contributed by atoms with Gasteiger partial charge < -0.3 is 29.0 Å². The van der Waals surface area contributed by atoms with E-state index >= 15 is 0 Å². The van der Waals surface area contributed by atoms with Gasteiger partial charge in [0, 0.05) is 48.2 Å². The van der Waals surface area contributed by atoms with Gasteiger partial charge in [0.2, 0.25) is 0 Å². The number of hydrogen-bond donors (Lipinski definition) is 1. The van der Waals surface area contributed by atoms with Gasteiger partial charge in [-0.15, -0.1) is 0 Å². The quantitative estimate of drug-likeness (QED) is 0.501. The topological polar surface area (TPSA) is 97.0 Å². The summed E-state index contributed by atoms with van der Waals surface area (Å²) in [6.45, 7) is 9.29. The normalized spacial score (nSPS) is 16.3. The van der Waals surface area contributed by atoms with Crippen LogP contribution in [0.15, 0.2) is 41.3 Å². The maximum absolute atomic E-state index is 14.2. The Bertz CT molecular complexity index is 1390. The van der Waals surface area contributed by atoms with Crippen molar-refractivity contribution in [3.8, 4) is 11.5 Å². The molecular formula is C29H35FN4O5. The van der Waals surface area contributed by atoms with Gasteiger partial charge in [-0.1, -0.05) is 6.07 Å². The summed E-state index contributed by atoms with van der Waals surface area (Å²) in [5.41, 5.74) is 1.06. The van der Waals surface area contributed by atoms with Crippen molar-refractivity contribution in [3.63, 3.8) is 0 Å². The summed E-state index contributed by atoms with van der Waals surface area (Å²) >= 11 is 0. The van der Waals surface area contributed by atoms with Crippen molar-refractivity contribution in [1.29, 1.82) is 0 Å². The Morgan fingerprint density at radius 2 is 1.92 bits per heavy atom. The number of aromatic amines is 1. The van der Waals surface area contributed by atoms with Gasteiger partial charge >= 0.3 is 6.09 Å². The maximum atomic E-state index is 14.2. The van der Waals surface area contributed by atoms with Gasteiger partial charge in [0.1, 0.15) is 25.6 Å². The minimum atomic E-state index is -0.424. The zero-order valence-corrected chi connectivity index (χ0v) is 22.7. The number of carbonyl (C=O) groups excluding carboxylic acids is 1. The lowest BCUT2D eigenvalue weighted by Crippen LogP contribution is -2.55. The molecule has 208 valence electrons. The van der Waals surface area contributed by atoms with Crippen LogP contribution in [-0.4, -0.2) is 70.3 Å². The fourth-order valence-corrected chi connectivity index (χ4v) is 5.34. The van der Waals surface area contributed by atoms with E-state index in [0.29, 0.717) is 59.8 Å². The van der Waals surface area contributed by atoms with Crippen molar-refractivity contribution in [1.82, 2.24) is 19.8 Å². The number of rotatable bonds is 6. The molecule has 1 N–H and O–H groups in total. The molecule has 1 fully saturated rings. The zero-order valence-electron chi connectivity index (χ0n) is 22.7. The van der Waals surface area contributed by atoms with Crippen molar-refractivity contribution in [2.24, 2.45) is 0 Å². The Balaban J connectivity index is 1.17. The highest BCUT2D eigenvalue weighted by molar-refractivity contribution is 5.79. The molecule has 0 aliphatic carbocycles. The van der Waals surface area contributed by atoms with E-state index in [2.05, 4.69) is 14.9 Å². The van der Waals surface area contributed by atoms with E-state index in [1.54, 1.807) is 30.5 Å². The standard InChI is InChI=1S/C29H35FN4O5/c1-29(2,3)34(28(36)39-18-20-16-25-26(17-31-20)38-14-13-37-25)21-8-11-33(12-9-21)10-7-19-15-22-23(30)5-4-6-24(22)32-27(19)35/h4-6,15-17,21H,7-14,18H2,1-3H3,(H,32,35). The van der Waals surface area contributed by atoms with Crippen LogP contribution in [0.3, 0.4) is 0 Å². The number of benzene rings is 1. The van der Waals surface area contributed by atoms with Crippen molar-refractivity contribution in [3.05, 3.63) is 64.0 Å². The minimum absolute atomic E-state index is 0.0279. The van der Waals surface area contributed by atoms with Gasteiger partial charge in [-0.25, -0.2) is 9.18 Å². The van der Waals surface area contributed by atoms with Gasteiger partial charge in [-0.3, -0.25) is 9.78 Å². The molecule has 0 bridgehead atoms. The molecule has 0 spiro atoms. The summed E-state index contributed by atoms with van der Waals surface area (Å²) in [4.78, 5) is 37.0. The minimum Gasteiger partial charge on any atom is -0.486 e. The van der Waals surface area contributed by atoms with Crippen LogP contribution in [0, 0.1) is 5.82 Å². The molecule has 1 aromatic carbocycles. The van der Waals surface area contributed by atoms with Crippen LogP contribution < -0.4 is 15.0 Å². The number of ether oxygens (including phenoxy) is 3. The van der Waals surface area contributed by atoms with E-state index in [1.807, 2.05) is 25.7 Å². The average Bonchev–Trinajstić information content (AvgIpc) is 2.91. The highest BCUT2D eigenvalue weighted by Crippen LogP contribution is 2.30. The third kappa shape index (κ3) is 6.16. The van der Waals surface area contributed by atoms with E-state index in [0.717, 1.165) is 25.9 Å². The van der Waals surface area contributed by atoms with E-state index in [-0.39, 0.29) is 30.1 Å². The second kappa shape index (κ2) is 11.2. The molecule has 4 heterocycles. The molecule has 0 atom stereocenters. The summed E-state index contributed by atoms with van der Waals surface area (Å²) < 4.78 is 31.0. The Morgan fingerprint density at radius 1 is 1.18 bits per heavy atom. The predicted octanol–water partition coefficient (Wildman–Crippen LogP) is 4.28. The van der Waals surface area contributed by atoms with Gasteiger partial charge in [0.25, 0.3) is 5.56 Å². The van der Waals surface area contributed by atoms with Crippen LogP contribution >= 0.6 is 0 Å². The number of fused-ring (bicyclic) bond motifs is 2. The van der Waals surface area contributed by atoms with Crippen LogP contribution in [0.5, 0.6) is 11.5 Å². The van der Waals surface area contributed by atoms with Crippen LogP contribution in [0.4, 0.5) is 9.18 Å². The number of halogens is 1. The number of piperidine rings is 1. The predicted molar refractivity (Wildman–Crippen MR) is 145 cm³/mol. The second-order valence-corrected chi connectivity index (χ2v) is 11.1. The lowest BCUT2D eigenvalue weighted by molar-refractivity contribution is 0.0196.